The average molecular weight is 335 g/mol. The Labute approximate surface area is 149 Å². The van der Waals surface area contributed by atoms with Crippen molar-refractivity contribution in [2.24, 2.45) is 10.4 Å². The van der Waals surface area contributed by atoms with Gasteiger partial charge in [0.05, 0.1) is 6.54 Å². The summed E-state index contributed by atoms with van der Waals surface area (Å²) >= 11 is 0. The number of amides is 1. The first-order chi connectivity index (χ1) is 11.9. The molecule has 1 aliphatic rings. The minimum Gasteiger partial charge on any atom is -0.369 e. The van der Waals surface area contributed by atoms with Crippen molar-refractivity contribution in [2.75, 3.05) is 13.1 Å². The molecule has 0 aromatic heterocycles. The van der Waals surface area contributed by atoms with Crippen molar-refractivity contribution in [2.45, 2.75) is 27.3 Å². The molecular formula is C21H25N3O. The zero-order chi connectivity index (χ0) is 17.9. The van der Waals surface area contributed by atoms with Crippen molar-refractivity contribution in [3.63, 3.8) is 0 Å². The van der Waals surface area contributed by atoms with Gasteiger partial charge in [-0.1, -0.05) is 55.8 Å². The summed E-state index contributed by atoms with van der Waals surface area (Å²) in [4.78, 5) is 16.9. The molecule has 0 atom stereocenters. The largest absolute Gasteiger partial charge is 0.369 e. The van der Waals surface area contributed by atoms with Crippen LogP contribution in [0.15, 0.2) is 53.5 Å². The minimum absolute atomic E-state index is 0.0275. The van der Waals surface area contributed by atoms with Gasteiger partial charge in [-0.25, -0.2) is 0 Å². The van der Waals surface area contributed by atoms with Gasteiger partial charge in [-0.05, 0) is 30.0 Å². The van der Waals surface area contributed by atoms with Gasteiger partial charge in [-0.15, -0.1) is 0 Å². The Bertz CT molecular complexity index is 808. The molecule has 1 aliphatic heterocycles. The molecule has 0 saturated carbocycles. The van der Waals surface area contributed by atoms with Crippen LogP contribution >= 0.6 is 0 Å². The molecule has 1 heterocycles. The first-order valence-corrected chi connectivity index (χ1v) is 8.66. The molecule has 2 aromatic rings. The molecule has 4 nitrogen and oxygen atoms in total. The van der Waals surface area contributed by atoms with Crippen molar-refractivity contribution in [3.8, 4) is 0 Å². The summed E-state index contributed by atoms with van der Waals surface area (Å²) in [7, 11) is 0. The lowest BCUT2D eigenvalue weighted by Crippen LogP contribution is -2.42. The third-order valence-corrected chi connectivity index (χ3v) is 4.42. The van der Waals surface area contributed by atoms with Crippen LogP contribution in [0.5, 0.6) is 0 Å². The van der Waals surface area contributed by atoms with Crippen molar-refractivity contribution >= 4 is 11.7 Å². The molecule has 0 saturated heterocycles. The molecule has 0 unspecified atom stereocenters. The number of rotatable bonds is 5. The van der Waals surface area contributed by atoms with E-state index in [9.17, 15) is 4.79 Å². The number of hydrogen-bond donors (Lipinski definition) is 2. The van der Waals surface area contributed by atoms with Gasteiger partial charge in [0.15, 0.2) is 0 Å². The van der Waals surface area contributed by atoms with Gasteiger partial charge in [0.2, 0.25) is 0 Å². The number of carbonyl (C=O) groups is 1. The molecule has 2 N–H and O–H groups in total. The fourth-order valence-corrected chi connectivity index (χ4v) is 2.88. The number of nitrogens with one attached hydrogen (secondary N) is 2. The Kier molecular flexibility index (Phi) is 4.88. The van der Waals surface area contributed by atoms with E-state index in [0.717, 1.165) is 24.5 Å². The topological polar surface area (TPSA) is 53.5 Å². The lowest BCUT2D eigenvalue weighted by atomic mass is 9.93. The maximum atomic E-state index is 12.3. The second kappa shape index (κ2) is 7.09. The fraction of sp³-hybridized carbons (Fsp3) is 0.333. The van der Waals surface area contributed by atoms with Gasteiger partial charge in [-0.2, -0.15) is 0 Å². The van der Waals surface area contributed by atoms with Gasteiger partial charge in [-0.3, -0.25) is 9.79 Å². The lowest BCUT2D eigenvalue weighted by Gasteiger charge is -2.26. The highest BCUT2D eigenvalue weighted by Crippen LogP contribution is 2.19. The van der Waals surface area contributed by atoms with Gasteiger partial charge in [0.1, 0.15) is 5.84 Å². The summed E-state index contributed by atoms with van der Waals surface area (Å²) < 4.78 is 0. The molecule has 0 aliphatic carbocycles. The number of aliphatic imine (C=N–C) groups is 1. The molecule has 0 bridgehead atoms. The van der Waals surface area contributed by atoms with Crippen LogP contribution in [0.2, 0.25) is 0 Å². The molecule has 3 rings (SSSR count). The summed E-state index contributed by atoms with van der Waals surface area (Å²) in [5, 5.41) is 6.49. The van der Waals surface area contributed by atoms with Crippen LogP contribution in [0.4, 0.5) is 0 Å². The van der Waals surface area contributed by atoms with Crippen LogP contribution < -0.4 is 10.6 Å². The highest BCUT2D eigenvalue weighted by atomic mass is 16.1. The molecule has 0 fully saturated rings. The van der Waals surface area contributed by atoms with Gasteiger partial charge >= 0.3 is 0 Å². The maximum absolute atomic E-state index is 12.3. The number of benzene rings is 2. The van der Waals surface area contributed by atoms with E-state index in [-0.39, 0.29) is 11.3 Å². The summed E-state index contributed by atoms with van der Waals surface area (Å²) in [6, 6.07) is 15.9. The summed E-state index contributed by atoms with van der Waals surface area (Å²) in [6.45, 7) is 8.35. The molecule has 0 radical (unpaired) electrons. The summed E-state index contributed by atoms with van der Waals surface area (Å²) in [5.74, 6) is 0.925. The zero-order valence-electron chi connectivity index (χ0n) is 15.1. The van der Waals surface area contributed by atoms with E-state index in [2.05, 4.69) is 41.6 Å². The third-order valence-electron chi connectivity index (χ3n) is 4.42. The van der Waals surface area contributed by atoms with E-state index in [4.69, 9.17) is 0 Å². The van der Waals surface area contributed by atoms with Crippen LogP contribution in [0.1, 0.15) is 40.9 Å². The standard InChI is InChI=1S/C21H25N3O/c1-15-7-6-9-16(11-15)20(25)24-14-21(2,3)13-23-19-18-10-5-4-8-17(18)12-22-19/h4-11H,12-14H2,1-3H3,(H,22,23)(H,24,25). The zero-order valence-corrected chi connectivity index (χ0v) is 15.1. The number of hydrogen-bond acceptors (Lipinski definition) is 3. The van der Waals surface area contributed by atoms with Crippen LogP contribution in [0.3, 0.4) is 0 Å². The van der Waals surface area contributed by atoms with Gasteiger partial charge in [0.25, 0.3) is 5.91 Å². The van der Waals surface area contributed by atoms with Crippen molar-refractivity contribution in [3.05, 3.63) is 70.8 Å². The predicted molar refractivity (Wildman–Crippen MR) is 102 cm³/mol. The first-order valence-electron chi connectivity index (χ1n) is 8.66. The highest BCUT2D eigenvalue weighted by Gasteiger charge is 2.22. The number of carbonyl (C=O) groups excluding carboxylic acids is 1. The van der Waals surface area contributed by atoms with Crippen LogP contribution in [0.25, 0.3) is 0 Å². The van der Waals surface area contributed by atoms with E-state index in [1.54, 1.807) is 0 Å². The normalized spacial score (nSPS) is 13.2. The SMILES string of the molecule is Cc1cccc(C(=O)NCC(C)(C)CNC2=NCc3ccccc32)c1. The van der Waals surface area contributed by atoms with Gasteiger partial charge in [0, 0.05) is 24.2 Å². The smallest absolute Gasteiger partial charge is 0.251 e. The Morgan fingerprint density at radius 3 is 2.72 bits per heavy atom. The molecule has 0 spiro atoms. The minimum atomic E-state index is -0.0838. The Morgan fingerprint density at radius 2 is 1.92 bits per heavy atom. The van der Waals surface area contributed by atoms with Crippen LogP contribution in [-0.2, 0) is 6.54 Å². The molecule has 4 heteroatoms. The average Bonchev–Trinajstić information content (AvgIpc) is 3.01. The van der Waals surface area contributed by atoms with E-state index in [1.165, 1.54) is 11.1 Å². The lowest BCUT2D eigenvalue weighted by molar-refractivity contribution is 0.0937. The predicted octanol–water partition coefficient (Wildman–Crippen LogP) is 3.30. The molecular weight excluding hydrogens is 310 g/mol. The number of fused-ring (bicyclic) bond motifs is 1. The van der Waals surface area contributed by atoms with Crippen molar-refractivity contribution in [1.82, 2.24) is 10.6 Å². The maximum Gasteiger partial charge on any atom is 0.251 e. The monoisotopic (exact) mass is 335 g/mol. The molecule has 130 valence electrons. The van der Waals surface area contributed by atoms with E-state index in [0.29, 0.717) is 12.1 Å². The van der Waals surface area contributed by atoms with E-state index < -0.39 is 0 Å². The highest BCUT2D eigenvalue weighted by molar-refractivity contribution is 6.02. The number of amidine groups is 1. The Hall–Kier alpha value is -2.62. The van der Waals surface area contributed by atoms with E-state index >= 15 is 0 Å². The molecule has 1 amide bonds. The summed E-state index contributed by atoms with van der Waals surface area (Å²) in [5.41, 5.74) is 4.15. The quantitative estimate of drug-likeness (QED) is 0.881. The number of nitrogens with zero attached hydrogens (tertiary/aromatic N) is 1. The Balaban J connectivity index is 1.53. The first kappa shape index (κ1) is 17.2. The summed E-state index contributed by atoms with van der Waals surface area (Å²) in [6.07, 6.45) is 0. The Morgan fingerprint density at radius 1 is 1.12 bits per heavy atom. The third kappa shape index (κ3) is 4.27. The second-order valence-electron chi connectivity index (χ2n) is 7.39. The van der Waals surface area contributed by atoms with Crippen molar-refractivity contribution in [1.29, 1.82) is 0 Å². The van der Waals surface area contributed by atoms with Gasteiger partial charge < -0.3 is 10.6 Å². The fourth-order valence-electron chi connectivity index (χ4n) is 2.88. The number of aryl methyl sites for hydroxylation is 1. The van der Waals surface area contributed by atoms with Crippen LogP contribution in [0, 0.1) is 12.3 Å². The van der Waals surface area contributed by atoms with E-state index in [1.807, 2.05) is 43.3 Å². The van der Waals surface area contributed by atoms with Crippen LogP contribution in [-0.4, -0.2) is 24.8 Å². The molecule has 2 aromatic carbocycles. The van der Waals surface area contributed by atoms with Crippen molar-refractivity contribution < 1.29 is 4.79 Å². The molecule has 25 heavy (non-hydrogen) atoms. The second-order valence-corrected chi connectivity index (χ2v) is 7.39.